The number of methoxy groups -OCH3 is 1. The number of hydrogen-bond donors (Lipinski definition) is 1. The summed E-state index contributed by atoms with van der Waals surface area (Å²) in [5.41, 5.74) is 1.11. The van der Waals surface area contributed by atoms with Crippen LogP contribution in [0.3, 0.4) is 0 Å². The lowest BCUT2D eigenvalue weighted by atomic mass is 10.2. The van der Waals surface area contributed by atoms with Crippen LogP contribution in [0.2, 0.25) is 0 Å². The molecule has 1 heterocycles. The van der Waals surface area contributed by atoms with Gasteiger partial charge in [0.1, 0.15) is 11.5 Å². The van der Waals surface area contributed by atoms with E-state index in [1.807, 2.05) is 31.2 Å². The molecule has 0 saturated heterocycles. The number of aromatic nitrogens is 2. The summed E-state index contributed by atoms with van der Waals surface area (Å²) in [6.45, 7) is 2.52. The zero-order chi connectivity index (χ0) is 17.6. The molecule has 1 N–H and O–H groups in total. The van der Waals surface area contributed by atoms with Gasteiger partial charge in [-0.2, -0.15) is 0 Å². The molecular weight excluding hydrogens is 322 g/mol. The minimum absolute atomic E-state index is 0.0137. The summed E-state index contributed by atoms with van der Waals surface area (Å²) < 4.78 is 16.1. The first-order chi connectivity index (χ1) is 12.2. The highest BCUT2D eigenvalue weighted by Gasteiger charge is 2.15. The Balaban J connectivity index is 1.74. The number of amides is 1. The van der Waals surface area contributed by atoms with Gasteiger partial charge in [-0.3, -0.25) is 10.1 Å². The number of benzene rings is 2. The number of carbonyl (C=O) groups excluding carboxylic acids is 1. The van der Waals surface area contributed by atoms with Crippen molar-refractivity contribution in [1.29, 1.82) is 0 Å². The lowest BCUT2D eigenvalue weighted by Crippen LogP contribution is -2.13. The quantitative estimate of drug-likeness (QED) is 0.741. The van der Waals surface area contributed by atoms with E-state index in [-0.39, 0.29) is 11.9 Å². The van der Waals surface area contributed by atoms with Crippen LogP contribution >= 0.6 is 0 Å². The van der Waals surface area contributed by atoms with E-state index in [2.05, 4.69) is 15.5 Å². The monoisotopic (exact) mass is 339 g/mol. The molecule has 0 atom stereocenters. The van der Waals surface area contributed by atoms with Gasteiger partial charge in [-0.15, -0.1) is 5.10 Å². The molecule has 3 rings (SSSR count). The van der Waals surface area contributed by atoms with Crippen LogP contribution in [0, 0.1) is 0 Å². The fourth-order valence-electron chi connectivity index (χ4n) is 2.25. The van der Waals surface area contributed by atoms with Gasteiger partial charge in [0, 0.05) is 5.56 Å². The van der Waals surface area contributed by atoms with Gasteiger partial charge < -0.3 is 13.9 Å². The number of nitrogens with zero attached hydrogens (tertiary/aromatic N) is 2. The van der Waals surface area contributed by atoms with Gasteiger partial charge in [0.2, 0.25) is 5.89 Å². The molecule has 3 aromatic rings. The SMILES string of the molecule is CCOc1ccc(-c2nnc(NC(=O)c3ccccc3OC)o2)cc1. The highest BCUT2D eigenvalue weighted by Crippen LogP contribution is 2.24. The average Bonchev–Trinajstić information content (AvgIpc) is 3.11. The van der Waals surface area contributed by atoms with Crippen molar-refractivity contribution >= 4 is 11.9 Å². The minimum atomic E-state index is -0.389. The topological polar surface area (TPSA) is 86.5 Å². The number of para-hydroxylation sites is 1. The van der Waals surface area contributed by atoms with Gasteiger partial charge in [-0.25, -0.2) is 0 Å². The predicted molar refractivity (Wildman–Crippen MR) is 91.9 cm³/mol. The van der Waals surface area contributed by atoms with Crippen LogP contribution in [0.5, 0.6) is 11.5 Å². The summed E-state index contributed by atoms with van der Waals surface area (Å²) >= 11 is 0. The van der Waals surface area contributed by atoms with Crippen molar-refractivity contribution in [3.63, 3.8) is 0 Å². The molecule has 0 unspecified atom stereocenters. The van der Waals surface area contributed by atoms with Crippen LogP contribution in [0.4, 0.5) is 6.01 Å². The van der Waals surface area contributed by atoms with Gasteiger partial charge in [0.15, 0.2) is 0 Å². The smallest absolute Gasteiger partial charge is 0.322 e. The molecule has 0 fully saturated rings. The van der Waals surface area contributed by atoms with E-state index >= 15 is 0 Å². The Morgan fingerprint density at radius 2 is 1.88 bits per heavy atom. The van der Waals surface area contributed by atoms with Crippen molar-refractivity contribution in [3.8, 4) is 23.0 Å². The van der Waals surface area contributed by atoms with Crippen molar-refractivity contribution in [2.75, 3.05) is 19.0 Å². The Morgan fingerprint density at radius 3 is 2.60 bits per heavy atom. The maximum Gasteiger partial charge on any atom is 0.322 e. The van der Waals surface area contributed by atoms with Gasteiger partial charge in [0.05, 0.1) is 19.3 Å². The van der Waals surface area contributed by atoms with E-state index in [0.29, 0.717) is 23.8 Å². The van der Waals surface area contributed by atoms with E-state index in [1.165, 1.54) is 7.11 Å². The zero-order valence-electron chi connectivity index (χ0n) is 13.9. The molecule has 7 heteroatoms. The lowest BCUT2D eigenvalue weighted by molar-refractivity contribution is 0.102. The van der Waals surface area contributed by atoms with Gasteiger partial charge in [0.25, 0.3) is 5.91 Å². The number of rotatable bonds is 6. The highest BCUT2D eigenvalue weighted by molar-refractivity contribution is 6.05. The summed E-state index contributed by atoms with van der Waals surface area (Å²) in [5, 5.41) is 10.4. The van der Waals surface area contributed by atoms with Crippen LogP contribution < -0.4 is 14.8 Å². The zero-order valence-corrected chi connectivity index (χ0v) is 13.9. The van der Waals surface area contributed by atoms with E-state index in [4.69, 9.17) is 13.9 Å². The predicted octanol–water partition coefficient (Wildman–Crippen LogP) is 3.40. The maximum absolute atomic E-state index is 12.3. The fraction of sp³-hybridized carbons (Fsp3) is 0.167. The average molecular weight is 339 g/mol. The van der Waals surface area contributed by atoms with Crippen molar-refractivity contribution in [2.45, 2.75) is 6.92 Å². The molecule has 7 nitrogen and oxygen atoms in total. The van der Waals surface area contributed by atoms with E-state index in [1.54, 1.807) is 24.3 Å². The molecule has 1 aromatic heterocycles. The first-order valence-electron chi connectivity index (χ1n) is 7.72. The second-order valence-electron chi connectivity index (χ2n) is 5.02. The third kappa shape index (κ3) is 3.77. The maximum atomic E-state index is 12.3. The molecule has 0 radical (unpaired) electrons. The Labute approximate surface area is 144 Å². The van der Waals surface area contributed by atoms with Crippen molar-refractivity contribution in [1.82, 2.24) is 10.2 Å². The van der Waals surface area contributed by atoms with E-state index < -0.39 is 0 Å². The number of anilines is 1. The second-order valence-corrected chi connectivity index (χ2v) is 5.02. The third-order valence-electron chi connectivity index (χ3n) is 3.41. The standard InChI is InChI=1S/C18H17N3O4/c1-3-24-13-10-8-12(9-11-13)17-20-21-18(25-17)19-16(22)14-6-4-5-7-15(14)23-2/h4-11H,3H2,1-2H3,(H,19,21,22). The van der Waals surface area contributed by atoms with E-state index in [0.717, 1.165) is 11.3 Å². The highest BCUT2D eigenvalue weighted by atomic mass is 16.5. The molecule has 0 spiro atoms. The molecular formula is C18H17N3O4. The molecule has 0 bridgehead atoms. The third-order valence-corrected chi connectivity index (χ3v) is 3.41. The molecule has 2 aromatic carbocycles. The van der Waals surface area contributed by atoms with E-state index in [9.17, 15) is 4.79 Å². The van der Waals surface area contributed by atoms with Crippen molar-refractivity contribution < 1.29 is 18.7 Å². The number of hydrogen-bond acceptors (Lipinski definition) is 6. The largest absolute Gasteiger partial charge is 0.496 e. The molecule has 0 aliphatic rings. The van der Waals surface area contributed by atoms with Crippen LogP contribution in [0.25, 0.3) is 11.5 Å². The molecule has 0 saturated carbocycles. The Hall–Kier alpha value is -3.35. The lowest BCUT2D eigenvalue weighted by Gasteiger charge is -2.06. The number of nitrogens with one attached hydrogen (secondary N) is 1. The normalized spacial score (nSPS) is 10.3. The Kier molecular flexibility index (Phi) is 4.94. The summed E-state index contributed by atoms with van der Waals surface area (Å²) in [7, 11) is 1.50. The number of ether oxygens (including phenoxy) is 2. The van der Waals surface area contributed by atoms with Gasteiger partial charge in [-0.1, -0.05) is 17.2 Å². The summed E-state index contributed by atoms with van der Waals surface area (Å²) in [4.78, 5) is 12.3. The van der Waals surface area contributed by atoms with Crippen LogP contribution in [-0.4, -0.2) is 29.8 Å². The first kappa shape index (κ1) is 16.5. The molecule has 128 valence electrons. The van der Waals surface area contributed by atoms with Crippen molar-refractivity contribution in [3.05, 3.63) is 54.1 Å². The molecule has 0 aliphatic heterocycles. The summed E-state index contributed by atoms with van der Waals surface area (Å²) in [5.74, 6) is 1.14. The minimum Gasteiger partial charge on any atom is -0.496 e. The van der Waals surface area contributed by atoms with Gasteiger partial charge in [-0.05, 0) is 43.3 Å². The second kappa shape index (κ2) is 7.48. The van der Waals surface area contributed by atoms with Crippen LogP contribution in [0.15, 0.2) is 52.9 Å². The van der Waals surface area contributed by atoms with Crippen LogP contribution in [-0.2, 0) is 0 Å². The molecule has 0 aliphatic carbocycles. The number of carbonyl (C=O) groups is 1. The summed E-state index contributed by atoms with van der Waals surface area (Å²) in [6, 6.07) is 14.1. The molecule has 25 heavy (non-hydrogen) atoms. The first-order valence-corrected chi connectivity index (χ1v) is 7.72. The Bertz CT molecular complexity index is 859. The Morgan fingerprint density at radius 1 is 1.12 bits per heavy atom. The van der Waals surface area contributed by atoms with Crippen LogP contribution in [0.1, 0.15) is 17.3 Å². The van der Waals surface area contributed by atoms with Gasteiger partial charge >= 0.3 is 6.01 Å². The van der Waals surface area contributed by atoms with Crippen molar-refractivity contribution in [2.24, 2.45) is 0 Å². The summed E-state index contributed by atoms with van der Waals surface area (Å²) in [6.07, 6.45) is 0. The molecule has 1 amide bonds. The fourth-order valence-corrected chi connectivity index (χ4v) is 2.25.